The number of aromatic nitrogens is 4. The monoisotopic (exact) mass is 331 g/mol. The minimum absolute atomic E-state index is 0.0844. The molecule has 0 spiro atoms. The van der Waals surface area contributed by atoms with Gasteiger partial charge in [0.2, 0.25) is 0 Å². The molecule has 24 heavy (non-hydrogen) atoms. The van der Waals surface area contributed by atoms with Gasteiger partial charge in [0.15, 0.2) is 11.5 Å². The molecule has 1 N–H and O–H groups in total. The number of fused-ring (bicyclic) bond motifs is 1. The lowest BCUT2D eigenvalue weighted by molar-refractivity contribution is 0.0284. The van der Waals surface area contributed by atoms with Crippen molar-refractivity contribution in [3.63, 3.8) is 0 Å². The first-order valence-corrected chi connectivity index (χ1v) is 9.12. The number of nitrogens with zero attached hydrogens (tertiary/aromatic N) is 4. The van der Waals surface area contributed by atoms with Crippen molar-refractivity contribution in [2.45, 2.75) is 70.8 Å². The fraction of sp³-hybridized carbons (Fsp3) is 0.722. The summed E-state index contributed by atoms with van der Waals surface area (Å²) in [6, 6.07) is 3.91. The Balaban J connectivity index is 1.50. The maximum atomic E-state index is 5.96. The normalized spacial score (nSPS) is 16.6. The van der Waals surface area contributed by atoms with E-state index in [4.69, 9.17) is 4.74 Å². The third kappa shape index (κ3) is 4.23. The van der Waals surface area contributed by atoms with Gasteiger partial charge in [0.25, 0.3) is 0 Å². The van der Waals surface area contributed by atoms with Gasteiger partial charge >= 0.3 is 0 Å². The molecule has 0 aromatic carbocycles. The first-order valence-electron chi connectivity index (χ1n) is 9.12. The highest BCUT2D eigenvalue weighted by Gasteiger charge is 2.21. The fourth-order valence-electron chi connectivity index (χ4n) is 3.12. The van der Waals surface area contributed by atoms with Crippen molar-refractivity contribution in [3.8, 4) is 0 Å². The second kappa shape index (κ2) is 7.47. The smallest absolute Gasteiger partial charge is 0.178 e. The Morgan fingerprint density at radius 1 is 1.17 bits per heavy atom. The SMILES string of the molecule is CC(C)(C)c1nnc2ccc(NCCCOC3CCCCC3)nn12. The molecule has 0 bridgehead atoms. The average molecular weight is 331 g/mol. The van der Waals surface area contributed by atoms with Gasteiger partial charge in [-0.3, -0.25) is 0 Å². The van der Waals surface area contributed by atoms with Gasteiger partial charge in [-0.05, 0) is 31.4 Å². The van der Waals surface area contributed by atoms with Crippen molar-refractivity contribution in [3.05, 3.63) is 18.0 Å². The summed E-state index contributed by atoms with van der Waals surface area (Å²) in [5, 5.41) is 16.5. The summed E-state index contributed by atoms with van der Waals surface area (Å²) < 4.78 is 7.79. The van der Waals surface area contributed by atoms with Gasteiger partial charge in [0.1, 0.15) is 5.82 Å². The lowest BCUT2D eigenvalue weighted by Gasteiger charge is -2.21. The number of nitrogens with one attached hydrogen (secondary N) is 1. The topological polar surface area (TPSA) is 64.3 Å². The number of anilines is 1. The molecule has 0 unspecified atom stereocenters. The van der Waals surface area contributed by atoms with Gasteiger partial charge in [-0.2, -0.15) is 4.52 Å². The molecular weight excluding hydrogens is 302 g/mol. The Morgan fingerprint density at radius 2 is 1.96 bits per heavy atom. The average Bonchev–Trinajstić information content (AvgIpc) is 2.99. The largest absolute Gasteiger partial charge is 0.378 e. The number of hydrogen-bond acceptors (Lipinski definition) is 5. The van der Waals surface area contributed by atoms with Gasteiger partial charge in [0, 0.05) is 18.6 Å². The summed E-state index contributed by atoms with van der Waals surface area (Å²) in [5.41, 5.74) is 0.699. The first-order chi connectivity index (χ1) is 11.5. The molecule has 2 aromatic heterocycles. The van der Waals surface area contributed by atoms with Gasteiger partial charge < -0.3 is 10.1 Å². The van der Waals surface area contributed by atoms with E-state index in [-0.39, 0.29) is 5.41 Å². The second-order valence-electron chi connectivity index (χ2n) is 7.67. The quantitative estimate of drug-likeness (QED) is 0.820. The fourth-order valence-corrected chi connectivity index (χ4v) is 3.12. The molecule has 0 aliphatic heterocycles. The van der Waals surface area contributed by atoms with Crippen LogP contribution in [0, 0.1) is 0 Å². The zero-order valence-electron chi connectivity index (χ0n) is 15.1. The Hall–Kier alpha value is -1.69. The molecular formula is C18H29N5O. The van der Waals surface area contributed by atoms with Crippen LogP contribution in [0.1, 0.15) is 65.1 Å². The number of hydrogen-bond donors (Lipinski definition) is 1. The molecule has 2 heterocycles. The number of ether oxygens (including phenoxy) is 1. The Bertz CT molecular complexity index is 655. The molecule has 0 saturated heterocycles. The van der Waals surface area contributed by atoms with E-state index in [2.05, 4.69) is 41.4 Å². The third-order valence-corrected chi connectivity index (χ3v) is 4.47. The van der Waals surface area contributed by atoms with E-state index in [0.29, 0.717) is 6.10 Å². The molecule has 1 fully saturated rings. The molecule has 1 saturated carbocycles. The highest BCUT2D eigenvalue weighted by molar-refractivity contribution is 5.44. The van der Waals surface area contributed by atoms with E-state index in [1.165, 1.54) is 32.1 Å². The third-order valence-electron chi connectivity index (χ3n) is 4.47. The molecule has 6 nitrogen and oxygen atoms in total. The zero-order valence-corrected chi connectivity index (χ0v) is 15.1. The maximum absolute atomic E-state index is 5.96. The van der Waals surface area contributed by atoms with Gasteiger partial charge in [-0.25, -0.2) is 0 Å². The van der Waals surface area contributed by atoms with Gasteiger partial charge in [-0.1, -0.05) is 40.0 Å². The second-order valence-corrected chi connectivity index (χ2v) is 7.67. The van der Waals surface area contributed by atoms with E-state index in [0.717, 1.165) is 36.9 Å². The predicted octanol–water partition coefficient (Wildman–Crippen LogP) is 3.57. The molecule has 1 aliphatic rings. The van der Waals surface area contributed by atoms with Crippen molar-refractivity contribution in [1.82, 2.24) is 19.8 Å². The summed E-state index contributed by atoms with van der Waals surface area (Å²) in [6.45, 7) is 8.04. The molecule has 0 amide bonds. The van der Waals surface area contributed by atoms with Crippen molar-refractivity contribution in [2.75, 3.05) is 18.5 Å². The summed E-state index contributed by atoms with van der Waals surface area (Å²) in [5.74, 6) is 1.73. The molecule has 6 heteroatoms. The van der Waals surface area contributed by atoms with Crippen LogP contribution in [0.15, 0.2) is 12.1 Å². The highest BCUT2D eigenvalue weighted by atomic mass is 16.5. The summed E-state index contributed by atoms with van der Waals surface area (Å²) in [6.07, 6.45) is 7.95. The molecule has 0 radical (unpaired) electrons. The van der Waals surface area contributed by atoms with Crippen molar-refractivity contribution in [2.24, 2.45) is 0 Å². The first kappa shape index (κ1) is 17.1. The molecule has 132 valence electrons. The Labute approximate surface area is 144 Å². The molecule has 3 rings (SSSR count). The minimum Gasteiger partial charge on any atom is -0.378 e. The summed E-state index contributed by atoms with van der Waals surface area (Å²) in [4.78, 5) is 0. The van der Waals surface area contributed by atoms with E-state index in [1.54, 1.807) is 0 Å². The lowest BCUT2D eigenvalue weighted by atomic mass is 9.96. The Morgan fingerprint density at radius 3 is 2.71 bits per heavy atom. The minimum atomic E-state index is -0.0844. The highest BCUT2D eigenvalue weighted by Crippen LogP contribution is 2.21. The van der Waals surface area contributed by atoms with Crippen LogP contribution in [0.2, 0.25) is 0 Å². The van der Waals surface area contributed by atoms with Crippen LogP contribution in [0.5, 0.6) is 0 Å². The van der Waals surface area contributed by atoms with Crippen LogP contribution >= 0.6 is 0 Å². The van der Waals surface area contributed by atoms with Gasteiger partial charge in [0.05, 0.1) is 6.10 Å². The lowest BCUT2D eigenvalue weighted by Crippen LogP contribution is -2.19. The maximum Gasteiger partial charge on any atom is 0.178 e. The Kier molecular flexibility index (Phi) is 5.33. The van der Waals surface area contributed by atoms with Crippen molar-refractivity contribution >= 4 is 11.5 Å². The van der Waals surface area contributed by atoms with Crippen LogP contribution < -0.4 is 5.32 Å². The van der Waals surface area contributed by atoms with Crippen molar-refractivity contribution in [1.29, 1.82) is 0 Å². The van der Waals surface area contributed by atoms with Crippen LogP contribution in [-0.4, -0.2) is 39.1 Å². The van der Waals surface area contributed by atoms with E-state index in [9.17, 15) is 0 Å². The zero-order chi connectivity index (χ0) is 17.0. The summed E-state index contributed by atoms with van der Waals surface area (Å²) >= 11 is 0. The molecule has 2 aromatic rings. The van der Waals surface area contributed by atoms with Crippen LogP contribution in [0.4, 0.5) is 5.82 Å². The molecule has 0 atom stereocenters. The predicted molar refractivity (Wildman–Crippen MR) is 95.4 cm³/mol. The van der Waals surface area contributed by atoms with E-state index >= 15 is 0 Å². The van der Waals surface area contributed by atoms with E-state index < -0.39 is 0 Å². The van der Waals surface area contributed by atoms with Gasteiger partial charge in [-0.15, -0.1) is 15.3 Å². The standard InChI is InChI=1S/C18H29N5O/c1-18(2,3)17-21-20-16-11-10-15(22-23(16)17)19-12-7-13-24-14-8-5-4-6-9-14/h10-11,14H,4-9,12-13H2,1-3H3,(H,19,22). The van der Waals surface area contributed by atoms with E-state index in [1.807, 2.05) is 16.6 Å². The van der Waals surface area contributed by atoms with Crippen LogP contribution in [-0.2, 0) is 10.2 Å². The van der Waals surface area contributed by atoms with Crippen LogP contribution in [0.25, 0.3) is 5.65 Å². The van der Waals surface area contributed by atoms with Crippen LogP contribution in [0.3, 0.4) is 0 Å². The number of rotatable bonds is 6. The van der Waals surface area contributed by atoms with Crippen molar-refractivity contribution < 1.29 is 4.74 Å². The molecule has 1 aliphatic carbocycles. The summed E-state index contributed by atoms with van der Waals surface area (Å²) in [7, 11) is 0.